The molecule has 0 aliphatic carbocycles. The first-order valence-electron chi connectivity index (χ1n) is 8.05. The van der Waals surface area contributed by atoms with Gasteiger partial charge in [-0.1, -0.05) is 19.1 Å². The lowest BCUT2D eigenvalue weighted by Crippen LogP contribution is -2.42. The van der Waals surface area contributed by atoms with Crippen LogP contribution in [-0.2, 0) is 15.9 Å². The van der Waals surface area contributed by atoms with E-state index in [1.807, 2.05) is 12.1 Å². The summed E-state index contributed by atoms with van der Waals surface area (Å²) in [5.74, 6) is 0.856. The monoisotopic (exact) mass is 345 g/mol. The van der Waals surface area contributed by atoms with Crippen molar-refractivity contribution < 1.29 is 19.3 Å². The third kappa shape index (κ3) is 7.99. The van der Waals surface area contributed by atoms with Crippen LogP contribution in [0.3, 0.4) is 0 Å². The molecule has 1 heterocycles. The fraction of sp³-hybridized carbons (Fsp3) is 0.647. The molecule has 0 spiro atoms. The molecule has 0 bridgehead atoms. The maximum absolute atomic E-state index is 9.93. The third-order valence-electron chi connectivity index (χ3n) is 3.71. The Kier molecular flexibility index (Phi) is 10.2. The SMILES string of the molecule is CCc1ccc(OCCOCC(O)CN2CCOCC2)cc1.Cl. The normalized spacial score (nSPS) is 16.6. The van der Waals surface area contributed by atoms with Gasteiger partial charge >= 0.3 is 0 Å². The largest absolute Gasteiger partial charge is 0.491 e. The molecule has 1 saturated heterocycles. The summed E-state index contributed by atoms with van der Waals surface area (Å²) in [6.45, 7) is 7.36. The van der Waals surface area contributed by atoms with Gasteiger partial charge < -0.3 is 19.3 Å². The Morgan fingerprint density at radius 2 is 1.87 bits per heavy atom. The molecule has 2 rings (SSSR count). The number of morpholine rings is 1. The quantitative estimate of drug-likeness (QED) is 0.691. The predicted octanol–water partition coefficient (Wildman–Crippen LogP) is 1.76. The number of aryl methyl sites for hydroxylation is 1. The summed E-state index contributed by atoms with van der Waals surface area (Å²) < 4.78 is 16.4. The minimum atomic E-state index is -0.457. The zero-order valence-electron chi connectivity index (χ0n) is 13.8. The van der Waals surface area contributed by atoms with Crippen LogP contribution in [0.2, 0.25) is 0 Å². The molecule has 0 amide bonds. The number of β-amino-alcohol motifs (C(OH)–C–C–N with tert-alkyl or cyclic N) is 1. The second kappa shape index (κ2) is 11.6. The number of ether oxygens (including phenoxy) is 3. The van der Waals surface area contributed by atoms with Gasteiger partial charge in [-0.15, -0.1) is 12.4 Å². The van der Waals surface area contributed by atoms with Crippen molar-refractivity contribution in [2.24, 2.45) is 0 Å². The first kappa shape index (κ1) is 20.2. The number of halogens is 1. The van der Waals surface area contributed by atoms with E-state index in [2.05, 4.69) is 24.0 Å². The summed E-state index contributed by atoms with van der Waals surface area (Å²) >= 11 is 0. The van der Waals surface area contributed by atoms with Gasteiger partial charge in [-0.25, -0.2) is 0 Å². The highest BCUT2D eigenvalue weighted by Crippen LogP contribution is 2.12. The first-order valence-corrected chi connectivity index (χ1v) is 8.05. The van der Waals surface area contributed by atoms with Crippen LogP contribution in [0.25, 0.3) is 0 Å². The van der Waals surface area contributed by atoms with E-state index in [0.717, 1.165) is 38.5 Å². The van der Waals surface area contributed by atoms with Crippen molar-refractivity contribution in [1.82, 2.24) is 4.90 Å². The lowest BCUT2D eigenvalue weighted by atomic mass is 10.2. The Morgan fingerprint density at radius 1 is 1.17 bits per heavy atom. The van der Waals surface area contributed by atoms with Crippen LogP contribution >= 0.6 is 12.4 Å². The molecule has 1 aliphatic rings. The van der Waals surface area contributed by atoms with Crippen LogP contribution < -0.4 is 4.74 Å². The molecule has 1 aliphatic heterocycles. The van der Waals surface area contributed by atoms with Gasteiger partial charge in [0.25, 0.3) is 0 Å². The van der Waals surface area contributed by atoms with Crippen LogP contribution in [0.4, 0.5) is 0 Å². The molecular formula is C17H28ClNO4. The summed E-state index contributed by atoms with van der Waals surface area (Å²) in [4.78, 5) is 2.20. The summed E-state index contributed by atoms with van der Waals surface area (Å²) in [7, 11) is 0. The molecule has 6 heteroatoms. The van der Waals surface area contributed by atoms with E-state index in [1.54, 1.807) is 0 Å². The summed E-state index contributed by atoms with van der Waals surface area (Å²) in [6.07, 6.45) is 0.576. The van der Waals surface area contributed by atoms with Crippen LogP contribution in [0, 0.1) is 0 Å². The topological polar surface area (TPSA) is 51.2 Å². The van der Waals surface area contributed by atoms with E-state index in [9.17, 15) is 5.11 Å². The molecule has 1 aromatic rings. The molecule has 1 fully saturated rings. The molecule has 23 heavy (non-hydrogen) atoms. The van der Waals surface area contributed by atoms with E-state index < -0.39 is 6.10 Å². The summed E-state index contributed by atoms with van der Waals surface area (Å²) in [6, 6.07) is 8.10. The standard InChI is InChI=1S/C17H27NO4.ClH/c1-2-15-3-5-17(6-4-15)22-12-11-21-14-16(19)13-18-7-9-20-10-8-18;/h3-6,16,19H,2,7-14H2,1H3;1H. The molecule has 132 valence electrons. The summed E-state index contributed by atoms with van der Waals surface area (Å²) in [5, 5.41) is 9.93. The van der Waals surface area contributed by atoms with Gasteiger partial charge in [0, 0.05) is 19.6 Å². The maximum atomic E-state index is 9.93. The van der Waals surface area contributed by atoms with Crippen LogP contribution in [-0.4, -0.2) is 68.8 Å². The number of aliphatic hydroxyl groups is 1. The Hall–Kier alpha value is -0.850. The molecular weight excluding hydrogens is 318 g/mol. The Morgan fingerprint density at radius 3 is 2.52 bits per heavy atom. The molecule has 1 unspecified atom stereocenters. The van der Waals surface area contributed by atoms with Crippen LogP contribution in [0.1, 0.15) is 12.5 Å². The second-order valence-corrected chi connectivity index (χ2v) is 5.49. The van der Waals surface area contributed by atoms with Crippen molar-refractivity contribution in [2.45, 2.75) is 19.4 Å². The van der Waals surface area contributed by atoms with E-state index in [-0.39, 0.29) is 12.4 Å². The predicted molar refractivity (Wildman–Crippen MR) is 92.6 cm³/mol. The van der Waals surface area contributed by atoms with Crippen LogP contribution in [0.5, 0.6) is 5.75 Å². The van der Waals surface area contributed by atoms with Gasteiger partial charge in [0.05, 0.1) is 32.5 Å². The molecule has 0 saturated carbocycles. The van der Waals surface area contributed by atoms with Crippen molar-refractivity contribution in [3.05, 3.63) is 29.8 Å². The lowest BCUT2D eigenvalue weighted by Gasteiger charge is -2.28. The fourth-order valence-corrected chi connectivity index (χ4v) is 2.39. The molecule has 1 N–H and O–H groups in total. The zero-order valence-corrected chi connectivity index (χ0v) is 14.6. The molecule has 5 nitrogen and oxygen atoms in total. The highest BCUT2D eigenvalue weighted by molar-refractivity contribution is 5.85. The average Bonchev–Trinajstić information content (AvgIpc) is 2.56. The minimum Gasteiger partial charge on any atom is -0.491 e. The van der Waals surface area contributed by atoms with E-state index in [1.165, 1.54) is 5.56 Å². The fourth-order valence-electron chi connectivity index (χ4n) is 2.39. The van der Waals surface area contributed by atoms with Gasteiger partial charge in [-0.05, 0) is 24.1 Å². The van der Waals surface area contributed by atoms with Crippen molar-refractivity contribution in [1.29, 1.82) is 0 Å². The Balaban J connectivity index is 0.00000264. The van der Waals surface area contributed by atoms with E-state index >= 15 is 0 Å². The molecule has 1 atom stereocenters. The Labute approximate surface area is 144 Å². The number of benzene rings is 1. The van der Waals surface area contributed by atoms with Gasteiger partial charge in [0.1, 0.15) is 12.4 Å². The minimum absolute atomic E-state index is 0. The van der Waals surface area contributed by atoms with E-state index in [4.69, 9.17) is 14.2 Å². The highest BCUT2D eigenvalue weighted by Gasteiger charge is 2.14. The van der Waals surface area contributed by atoms with Crippen molar-refractivity contribution >= 4 is 12.4 Å². The van der Waals surface area contributed by atoms with Gasteiger partial charge in [-0.3, -0.25) is 4.90 Å². The summed E-state index contributed by atoms with van der Waals surface area (Å²) in [5.41, 5.74) is 1.30. The number of hydrogen-bond acceptors (Lipinski definition) is 5. The third-order valence-corrected chi connectivity index (χ3v) is 3.71. The van der Waals surface area contributed by atoms with Crippen molar-refractivity contribution in [3.63, 3.8) is 0 Å². The van der Waals surface area contributed by atoms with Gasteiger partial charge in [0.15, 0.2) is 0 Å². The average molecular weight is 346 g/mol. The van der Waals surface area contributed by atoms with Gasteiger partial charge in [0.2, 0.25) is 0 Å². The lowest BCUT2D eigenvalue weighted by molar-refractivity contribution is -0.0178. The number of nitrogens with zero attached hydrogens (tertiary/aromatic N) is 1. The number of aliphatic hydroxyl groups excluding tert-OH is 1. The zero-order chi connectivity index (χ0) is 15.6. The van der Waals surface area contributed by atoms with Gasteiger partial charge in [-0.2, -0.15) is 0 Å². The maximum Gasteiger partial charge on any atom is 0.119 e. The van der Waals surface area contributed by atoms with E-state index in [0.29, 0.717) is 26.4 Å². The first-order chi connectivity index (χ1) is 10.8. The number of rotatable bonds is 9. The number of hydrogen-bond donors (Lipinski definition) is 1. The molecule has 0 aromatic heterocycles. The molecule has 1 aromatic carbocycles. The highest BCUT2D eigenvalue weighted by atomic mass is 35.5. The van der Waals surface area contributed by atoms with Crippen LogP contribution in [0.15, 0.2) is 24.3 Å². The Bertz CT molecular complexity index is 410. The second-order valence-electron chi connectivity index (χ2n) is 5.49. The molecule has 0 radical (unpaired) electrons. The van der Waals surface area contributed by atoms with Crippen molar-refractivity contribution in [3.8, 4) is 5.75 Å². The van der Waals surface area contributed by atoms with Crippen molar-refractivity contribution in [2.75, 3.05) is 52.7 Å². The smallest absolute Gasteiger partial charge is 0.119 e.